The number of carbonyl (C=O) groups is 4. The van der Waals surface area contributed by atoms with Crippen molar-refractivity contribution in [1.29, 1.82) is 0 Å². The lowest BCUT2D eigenvalue weighted by Crippen LogP contribution is -2.50. The van der Waals surface area contributed by atoms with Crippen molar-refractivity contribution in [2.45, 2.75) is 70.6 Å². The molecule has 2 N–H and O–H groups in total. The van der Waals surface area contributed by atoms with E-state index in [1.165, 1.54) is 0 Å². The maximum absolute atomic E-state index is 12.9. The molecule has 11 heteroatoms. The highest BCUT2D eigenvalue weighted by Crippen LogP contribution is 2.35. The maximum atomic E-state index is 12.9. The molecule has 35 heavy (non-hydrogen) atoms. The van der Waals surface area contributed by atoms with Crippen LogP contribution in [0.15, 0.2) is 18.3 Å². The molecule has 1 aromatic rings. The highest BCUT2D eigenvalue weighted by atomic mass is 16.6. The van der Waals surface area contributed by atoms with Crippen LogP contribution < -0.4 is 15.5 Å². The van der Waals surface area contributed by atoms with Gasteiger partial charge in [-0.3, -0.25) is 9.59 Å². The molecule has 2 aliphatic heterocycles. The van der Waals surface area contributed by atoms with Crippen LogP contribution in [0.2, 0.25) is 0 Å². The van der Waals surface area contributed by atoms with Crippen molar-refractivity contribution >= 4 is 35.4 Å². The molecular weight excluding hydrogens is 452 g/mol. The number of nitrogens with zero attached hydrogens (tertiary/aromatic N) is 4. The van der Waals surface area contributed by atoms with Gasteiger partial charge in [-0.2, -0.15) is 0 Å². The number of carbonyl (C=O) groups excluding carboxylic acids is 4. The Labute approximate surface area is 205 Å². The van der Waals surface area contributed by atoms with Gasteiger partial charge in [-0.05, 0) is 52.7 Å². The predicted octanol–water partition coefficient (Wildman–Crippen LogP) is 2.33. The largest absolute Gasteiger partial charge is 0.444 e. The molecule has 3 heterocycles. The lowest BCUT2D eigenvalue weighted by molar-refractivity contribution is -0.136. The minimum absolute atomic E-state index is 0.313. The van der Waals surface area contributed by atoms with E-state index in [9.17, 15) is 19.2 Å². The summed E-state index contributed by atoms with van der Waals surface area (Å²) in [5, 5.41) is 5.50. The summed E-state index contributed by atoms with van der Waals surface area (Å²) in [4.78, 5) is 59.6. The van der Waals surface area contributed by atoms with Crippen molar-refractivity contribution in [2.75, 3.05) is 36.4 Å². The summed E-state index contributed by atoms with van der Waals surface area (Å²) < 4.78 is 5.43. The van der Waals surface area contributed by atoms with Gasteiger partial charge in [0.05, 0.1) is 11.9 Å². The molecule has 0 bridgehead atoms. The number of ether oxygens (including phenoxy) is 1. The quantitative estimate of drug-likeness (QED) is 0.626. The number of nitrogens with one attached hydrogen (secondary N) is 2. The monoisotopic (exact) mass is 486 g/mol. The Morgan fingerprint density at radius 1 is 1.11 bits per heavy atom. The standard InChI is InChI=1S/C24H34N6O5/c1-16(30-20(32)24(27-21(30)33)9-5-6-10-24)19(31)26-18-8-7-17(15-25-18)28-11-13-29(14-12-28)22(34)35-23(2,3)4/h7-8,15-16H,5-6,9-14H2,1-4H3,(H,27,33)(H,25,26,31). The highest BCUT2D eigenvalue weighted by Gasteiger charge is 2.54. The van der Waals surface area contributed by atoms with Gasteiger partial charge in [0.15, 0.2) is 0 Å². The second-order valence-corrected chi connectivity index (χ2v) is 10.4. The van der Waals surface area contributed by atoms with Crippen LogP contribution in [-0.4, -0.2) is 82.1 Å². The molecule has 2 saturated heterocycles. The smallest absolute Gasteiger partial charge is 0.410 e. The van der Waals surface area contributed by atoms with Gasteiger partial charge in [-0.1, -0.05) is 12.8 Å². The number of urea groups is 1. The number of aromatic nitrogens is 1. The van der Waals surface area contributed by atoms with Crippen LogP contribution in [-0.2, 0) is 14.3 Å². The van der Waals surface area contributed by atoms with Crippen LogP contribution in [0.3, 0.4) is 0 Å². The number of hydrogen-bond acceptors (Lipinski definition) is 7. The van der Waals surface area contributed by atoms with Gasteiger partial charge in [0.1, 0.15) is 23.0 Å². The molecule has 4 rings (SSSR count). The third-order valence-electron chi connectivity index (χ3n) is 6.71. The Hall–Kier alpha value is -3.37. The molecule has 3 fully saturated rings. The van der Waals surface area contributed by atoms with Crippen molar-refractivity contribution in [1.82, 2.24) is 20.1 Å². The number of anilines is 2. The summed E-state index contributed by atoms with van der Waals surface area (Å²) in [7, 11) is 0. The first-order valence-electron chi connectivity index (χ1n) is 12.1. The highest BCUT2D eigenvalue weighted by molar-refractivity contribution is 6.11. The summed E-state index contributed by atoms with van der Waals surface area (Å²) in [6, 6.07) is 2.06. The Kier molecular flexibility index (Phi) is 6.61. The molecule has 3 aliphatic rings. The minimum Gasteiger partial charge on any atom is -0.444 e. The lowest BCUT2D eigenvalue weighted by atomic mass is 9.97. The zero-order valence-corrected chi connectivity index (χ0v) is 20.8. The number of rotatable bonds is 4. The van der Waals surface area contributed by atoms with Gasteiger partial charge in [0, 0.05) is 26.2 Å². The number of pyridine rings is 1. The summed E-state index contributed by atoms with van der Waals surface area (Å²) in [6.07, 6.45) is 4.32. The summed E-state index contributed by atoms with van der Waals surface area (Å²) in [6.45, 7) is 9.43. The van der Waals surface area contributed by atoms with Crippen LogP contribution in [0.25, 0.3) is 0 Å². The predicted molar refractivity (Wildman–Crippen MR) is 129 cm³/mol. The molecule has 1 spiro atoms. The SMILES string of the molecule is CC(C(=O)Nc1ccc(N2CCN(C(=O)OC(C)(C)C)CC2)cn1)N1C(=O)NC2(CCCC2)C1=O. The first-order valence-corrected chi connectivity index (χ1v) is 12.1. The van der Waals surface area contributed by atoms with E-state index in [-0.39, 0.29) is 12.0 Å². The first-order chi connectivity index (χ1) is 16.5. The number of hydrogen-bond donors (Lipinski definition) is 2. The first kappa shape index (κ1) is 24.7. The van der Waals surface area contributed by atoms with Crippen molar-refractivity contribution < 1.29 is 23.9 Å². The van der Waals surface area contributed by atoms with Gasteiger partial charge in [0.25, 0.3) is 5.91 Å². The average molecular weight is 487 g/mol. The van der Waals surface area contributed by atoms with Crippen molar-refractivity contribution in [3.8, 4) is 0 Å². The third-order valence-corrected chi connectivity index (χ3v) is 6.71. The zero-order valence-electron chi connectivity index (χ0n) is 20.8. The van der Waals surface area contributed by atoms with E-state index >= 15 is 0 Å². The van der Waals surface area contributed by atoms with E-state index in [1.807, 2.05) is 26.8 Å². The molecule has 1 unspecified atom stereocenters. The topological polar surface area (TPSA) is 124 Å². The maximum Gasteiger partial charge on any atom is 0.410 e. The molecule has 1 aliphatic carbocycles. The molecule has 5 amide bonds. The van der Waals surface area contributed by atoms with Gasteiger partial charge < -0.3 is 25.2 Å². The minimum atomic E-state index is -0.954. The molecule has 1 saturated carbocycles. The zero-order chi connectivity index (χ0) is 25.4. The van der Waals surface area contributed by atoms with Gasteiger partial charge in [-0.25, -0.2) is 19.5 Å². The van der Waals surface area contributed by atoms with Crippen molar-refractivity contribution in [3.63, 3.8) is 0 Å². The normalized spacial score (nSPS) is 20.7. The molecule has 1 aromatic heterocycles. The molecule has 0 aromatic carbocycles. The van der Waals surface area contributed by atoms with Crippen LogP contribution in [0.5, 0.6) is 0 Å². The van der Waals surface area contributed by atoms with Crippen LogP contribution in [0, 0.1) is 0 Å². The van der Waals surface area contributed by atoms with E-state index in [0.29, 0.717) is 44.8 Å². The fourth-order valence-corrected chi connectivity index (χ4v) is 4.78. The molecule has 1 atom stereocenters. The van der Waals surface area contributed by atoms with Crippen LogP contribution >= 0.6 is 0 Å². The average Bonchev–Trinajstić information content (AvgIpc) is 3.37. The van der Waals surface area contributed by atoms with Crippen LogP contribution in [0.1, 0.15) is 53.4 Å². The Morgan fingerprint density at radius 3 is 2.34 bits per heavy atom. The van der Waals surface area contributed by atoms with E-state index in [0.717, 1.165) is 23.4 Å². The van der Waals surface area contributed by atoms with E-state index < -0.39 is 29.1 Å². The van der Waals surface area contributed by atoms with E-state index in [1.54, 1.807) is 24.1 Å². The van der Waals surface area contributed by atoms with Crippen molar-refractivity contribution in [3.05, 3.63) is 18.3 Å². The molecular formula is C24H34N6O5. The van der Waals surface area contributed by atoms with E-state index in [2.05, 4.69) is 20.5 Å². The lowest BCUT2D eigenvalue weighted by Gasteiger charge is -2.36. The summed E-state index contributed by atoms with van der Waals surface area (Å²) in [5.74, 6) is -0.466. The van der Waals surface area contributed by atoms with Gasteiger partial charge in [-0.15, -0.1) is 0 Å². The second kappa shape index (κ2) is 9.35. The summed E-state index contributed by atoms with van der Waals surface area (Å²) >= 11 is 0. The Balaban J connectivity index is 1.31. The number of imide groups is 1. The molecule has 0 radical (unpaired) electrons. The summed E-state index contributed by atoms with van der Waals surface area (Å²) in [5.41, 5.74) is -0.504. The molecule has 11 nitrogen and oxygen atoms in total. The van der Waals surface area contributed by atoms with E-state index in [4.69, 9.17) is 4.74 Å². The Morgan fingerprint density at radius 2 is 1.77 bits per heavy atom. The molecule has 190 valence electrons. The number of piperazine rings is 1. The van der Waals surface area contributed by atoms with Gasteiger partial charge in [0.2, 0.25) is 5.91 Å². The Bertz CT molecular complexity index is 991. The fraction of sp³-hybridized carbons (Fsp3) is 0.625. The van der Waals surface area contributed by atoms with Crippen LogP contribution in [0.4, 0.5) is 21.1 Å². The second-order valence-electron chi connectivity index (χ2n) is 10.4. The fourth-order valence-electron chi connectivity index (χ4n) is 4.78. The van der Waals surface area contributed by atoms with Crippen molar-refractivity contribution in [2.24, 2.45) is 0 Å². The van der Waals surface area contributed by atoms with Gasteiger partial charge >= 0.3 is 12.1 Å². The number of amides is 5. The third kappa shape index (κ3) is 5.18.